The van der Waals surface area contributed by atoms with Gasteiger partial charge in [-0.05, 0) is 56.0 Å². The van der Waals surface area contributed by atoms with Crippen molar-refractivity contribution in [1.82, 2.24) is 9.79 Å². The van der Waals surface area contributed by atoms with Gasteiger partial charge in [0.15, 0.2) is 6.29 Å². The van der Waals surface area contributed by atoms with E-state index in [1.807, 2.05) is 30.3 Å². The molecular formula is C25H28N2O7S. The summed E-state index contributed by atoms with van der Waals surface area (Å²) >= 11 is 0. The van der Waals surface area contributed by atoms with E-state index in [0.29, 0.717) is 31.3 Å². The van der Waals surface area contributed by atoms with Crippen molar-refractivity contribution >= 4 is 26.9 Å². The fraction of sp³-hybridized carbons (Fsp3) is 0.400. The predicted octanol–water partition coefficient (Wildman–Crippen LogP) is 3.85. The van der Waals surface area contributed by atoms with E-state index < -0.39 is 22.2 Å². The molecule has 1 amide bonds. The molecule has 35 heavy (non-hydrogen) atoms. The van der Waals surface area contributed by atoms with Crippen LogP contribution in [0.15, 0.2) is 64.1 Å². The number of furan rings is 1. The summed E-state index contributed by atoms with van der Waals surface area (Å²) in [6, 6.07) is 14.2. The number of piperidine rings is 1. The molecule has 1 aromatic heterocycles. The molecule has 0 saturated carbocycles. The number of nitrogens with zero attached hydrogens (tertiary/aromatic N) is 1. The number of benzene rings is 2. The summed E-state index contributed by atoms with van der Waals surface area (Å²) < 4.78 is 45.7. The Hall–Kier alpha value is -2.92. The molecule has 2 saturated heterocycles. The summed E-state index contributed by atoms with van der Waals surface area (Å²) in [5.41, 5.74) is 2.49. The summed E-state index contributed by atoms with van der Waals surface area (Å²) in [4.78, 5) is 18.5. The Balaban J connectivity index is 1.34. The van der Waals surface area contributed by atoms with Crippen LogP contribution in [-0.2, 0) is 19.6 Å². The van der Waals surface area contributed by atoms with E-state index in [9.17, 15) is 13.2 Å². The van der Waals surface area contributed by atoms with E-state index in [1.54, 1.807) is 12.1 Å². The number of sulfonamides is 1. The third-order valence-electron chi connectivity index (χ3n) is 6.30. The molecule has 1 unspecified atom stereocenters. The van der Waals surface area contributed by atoms with Crippen LogP contribution in [0.2, 0.25) is 0 Å². The Labute approximate surface area is 203 Å². The molecule has 10 heteroatoms. The number of rotatable bonds is 7. The average Bonchev–Trinajstić information content (AvgIpc) is 3.37. The molecule has 1 N–H and O–H groups in total. The highest BCUT2D eigenvalue weighted by atomic mass is 32.2. The lowest BCUT2D eigenvalue weighted by molar-refractivity contribution is -0.186. The summed E-state index contributed by atoms with van der Waals surface area (Å²) in [6.07, 6.45) is 4.38. The molecule has 2 fully saturated rings. The van der Waals surface area contributed by atoms with Crippen molar-refractivity contribution in [3.63, 3.8) is 0 Å². The molecule has 0 radical (unpaired) electrons. The van der Waals surface area contributed by atoms with Crippen LogP contribution in [0.25, 0.3) is 11.0 Å². The van der Waals surface area contributed by atoms with E-state index >= 15 is 0 Å². The summed E-state index contributed by atoms with van der Waals surface area (Å²) in [5, 5.41) is 0.623. The van der Waals surface area contributed by atoms with Gasteiger partial charge in [0.1, 0.15) is 23.0 Å². The third kappa shape index (κ3) is 5.20. The topological polar surface area (TPSA) is 107 Å². The second-order valence-electron chi connectivity index (χ2n) is 8.66. The van der Waals surface area contributed by atoms with Crippen LogP contribution in [-0.4, -0.2) is 50.7 Å². The highest BCUT2D eigenvalue weighted by molar-refractivity contribution is 7.89. The van der Waals surface area contributed by atoms with Gasteiger partial charge in [-0.25, -0.2) is 18.7 Å². The van der Waals surface area contributed by atoms with Crippen LogP contribution in [0.3, 0.4) is 0 Å². The number of fused-ring (bicyclic) bond motifs is 1. The van der Waals surface area contributed by atoms with Crippen LogP contribution in [0.1, 0.15) is 42.5 Å². The fourth-order valence-electron chi connectivity index (χ4n) is 4.44. The summed E-state index contributed by atoms with van der Waals surface area (Å²) in [7, 11) is -3.98. The number of hydrogen-bond acceptors (Lipinski definition) is 7. The maximum absolute atomic E-state index is 13.6. The van der Waals surface area contributed by atoms with Gasteiger partial charge in [0.05, 0.1) is 11.2 Å². The standard InChI is InChI=1S/C25H28N2O7S/c28-25(26-34-22-8-4-5-16-31-22)23-21(10-9-18-13-17-32-24(18)23)35(29,30)27-14-11-20(12-15-27)33-19-6-2-1-3-7-19/h1-3,6-7,9-10,13,17,20,22H,4-5,8,11-12,14-16H2,(H,26,28). The zero-order valence-electron chi connectivity index (χ0n) is 19.2. The molecule has 0 aliphatic carbocycles. The highest BCUT2D eigenvalue weighted by Gasteiger charge is 2.35. The first-order valence-electron chi connectivity index (χ1n) is 11.8. The van der Waals surface area contributed by atoms with Crippen LogP contribution >= 0.6 is 0 Å². The number of carbonyl (C=O) groups is 1. The minimum absolute atomic E-state index is 0.0778. The van der Waals surface area contributed by atoms with Crippen molar-refractivity contribution in [2.24, 2.45) is 0 Å². The van der Waals surface area contributed by atoms with E-state index in [-0.39, 0.29) is 35.2 Å². The Kier molecular flexibility index (Phi) is 7.05. The van der Waals surface area contributed by atoms with Crippen molar-refractivity contribution in [3.05, 3.63) is 60.4 Å². The van der Waals surface area contributed by atoms with Crippen molar-refractivity contribution < 1.29 is 31.9 Å². The molecule has 0 bridgehead atoms. The van der Waals surface area contributed by atoms with Gasteiger partial charge in [0.2, 0.25) is 10.0 Å². The first-order valence-corrected chi connectivity index (χ1v) is 13.3. The number of ether oxygens (including phenoxy) is 2. The number of hydrogen-bond donors (Lipinski definition) is 1. The smallest absolute Gasteiger partial charge is 0.280 e. The van der Waals surface area contributed by atoms with Gasteiger partial charge in [0.25, 0.3) is 5.91 Å². The number of amides is 1. The molecule has 5 rings (SSSR count). The average molecular weight is 501 g/mol. The zero-order valence-corrected chi connectivity index (χ0v) is 20.0. The zero-order chi connectivity index (χ0) is 24.3. The predicted molar refractivity (Wildman–Crippen MR) is 127 cm³/mol. The Bertz CT molecular complexity index is 1260. The van der Waals surface area contributed by atoms with E-state index in [1.165, 1.54) is 16.6 Å². The Morgan fingerprint density at radius 1 is 1.00 bits per heavy atom. The van der Waals surface area contributed by atoms with Gasteiger partial charge in [0, 0.05) is 31.5 Å². The lowest BCUT2D eigenvalue weighted by atomic mass is 10.1. The first kappa shape index (κ1) is 23.8. The van der Waals surface area contributed by atoms with Gasteiger partial charge in [-0.1, -0.05) is 18.2 Å². The maximum atomic E-state index is 13.6. The molecule has 2 aromatic carbocycles. The maximum Gasteiger partial charge on any atom is 0.280 e. The van der Waals surface area contributed by atoms with Crippen LogP contribution in [0.5, 0.6) is 5.75 Å². The molecule has 186 valence electrons. The number of nitrogens with one attached hydrogen (secondary N) is 1. The van der Waals surface area contributed by atoms with Gasteiger partial charge in [-0.15, -0.1) is 0 Å². The lowest BCUT2D eigenvalue weighted by Gasteiger charge is -2.31. The van der Waals surface area contributed by atoms with Crippen LogP contribution in [0.4, 0.5) is 0 Å². The highest BCUT2D eigenvalue weighted by Crippen LogP contribution is 2.31. The molecule has 3 heterocycles. The molecular weight excluding hydrogens is 472 g/mol. The molecule has 2 aliphatic heterocycles. The molecule has 9 nitrogen and oxygen atoms in total. The molecule has 1 atom stereocenters. The van der Waals surface area contributed by atoms with Crippen LogP contribution in [0, 0.1) is 0 Å². The third-order valence-corrected chi connectivity index (χ3v) is 8.24. The summed E-state index contributed by atoms with van der Waals surface area (Å²) in [6.45, 7) is 1.12. The van der Waals surface area contributed by atoms with E-state index in [0.717, 1.165) is 18.6 Å². The lowest BCUT2D eigenvalue weighted by Crippen LogP contribution is -2.42. The second-order valence-corrected chi connectivity index (χ2v) is 10.6. The van der Waals surface area contributed by atoms with E-state index in [2.05, 4.69) is 5.48 Å². The minimum Gasteiger partial charge on any atom is -0.490 e. The van der Waals surface area contributed by atoms with Gasteiger partial charge in [-0.2, -0.15) is 4.31 Å². The normalized spacial score (nSPS) is 20.1. The monoisotopic (exact) mass is 500 g/mol. The van der Waals surface area contributed by atoms with Crippen molar-refractivity contribution in [2.75, 3.05) is 19.7 Å². The SMILES string of the molecule is O=C(NOC1CCCCO1)c1c(S(=O)(=O)N2CCC(Oc3ccccc3)CC2)ccc2ccoc12. The number of carbonyl (C=O) groups excluding carboxylic acids is 1. The number of hydroxylamine groups is 1. The van der Waals surface area contributed by atoms with Crippen LogP contribution < -0.4 is 10.2 Å². The molecule has 3 aromatic rings. The second kappa shape index (κ2) is 10.4. The molecule has 0 spiro atoms. The largest absolute Gasteiger partial charge is 0.490 e. The van der Waals surface area contributed by atoms with Gasteiger partial charge in [-0.3, -0.25) is 4.79 Å². The van der Waals surface area contributed by atoms with Crippen molar-refractivity contribution in [3.8, 4) is 5.75 Å². The first-order chi connectivity index (χ1) is 17.0. The summed E-state index contributed by atoms with van der Waals surface area (Å²) in [5.74, 6) is 0.0681. The minimum atomic E-state index is -3.98. The Morgan fingerprint density at radius 3 is 2.54 bits per heavy atom. The van der Waals surface area contributed by atoms with Crippen molar-refractivity contribution in [2.45, 2.75) is 49.4 Å². The quantitative estimate of drug-likeness (QED) is 0.491. The Morgan fingerprint density at radius 2 is 1.80 bits per heavy atom. The van der Waals surface area contributed by atoms with E-state index in [4.69, 9.17) is 18.7 Å². The number of para-hydroxylation sites is 1. The van der Waals surface area contributed by atoms with Gasteiger partial charge >= 0.3 is 0 Å². The fourth-order valence-corrected chi connectivity index (χ4v) is 6.09. The molecule has 2 aliphatic rings. The van der Waals surface area contributed by atoms with Gasteiger partial charge < -0.3 is 13.9 Å². The van der Waals surface area contributed by atoms with Crippen molar-refractivity contribution in [1.29, 1.82) is 0 Å².